The van der Waals surface area contributed by atoms with Crippen molar-refractivity contribution in [2.45, 2.75) is 23.8 Å². The van der Waals surface area contributed by atoms with Gasteiger partial charge in [0.25, 0.3) is 5.91 Å². The van der Waals surface area contributed by atoms with Crippen molar-refractivity contribution in [3.63, 3.8) is 0 Å². The molecular formula is C25H20FN3O4S. The molecule has 7 nitrogen and oxygen atoms in total. The van der Waals surface area contributed by atoms with Gasteiger partial charge in [0.05, 0.1) is 28.6 Å². The second-order valence-electron chi connectivity index (χ2n) is 7.75. The lowest BCUT2D eigenvalue weighted by atomic mass is 10.1. The number of rotatable bonds is 7. The fraction of sp³-hybridized carbons (Fsp3) is 0.160. The van der Waals surface area contributed by atoms with Gasteiger partial charge < -0.3 is 0 Å². The van der Waals surface area contributed by atoms with E-state index in [0.717, 1.165) is 39.0 Å². The van der Waals surface area contributed by atoms with E-state index >= 15 is 0 Å². The van der Waals surface area contributed by atoms with Crippen LogP contribution < -0.4 is 4.90 Å². The number of hydrogen-bond donors (Lipinski definition) is 0. The van der Waals surface area contributed by atoms with E-state index < -0.39 is 33.7 Å². The molecule has 0 aliphatic carbocycles. The number of sulfonamides is 1. The molecule has 0 N–H and O–H groups in total. The summed E-state index contributed by atoms with van der Waals surface area (Å²) in [6.45, 7) is -0.0470. The number of amides is 2. The van der Waals surface area contributed by atoms with Crippen molar-refractivity contribution in [2.24, 2.45) is 0 Å². The molecule has 0 aromatic heterocycles. The van der Waals surface area contributed by atoms with Gasteiger partial charge in [-0.25, -0.2) is 17.7 Å². The monoisotopic (exact) mass is 477 g/mol. The summed E-state index contributed by atoms with van der Waals surface area (Å²) < 4.78 is 41.5. The first-order valence-electron chi connectivity index (χ1n) is 10.5. The Morgan fingerprint density at radius 1 is 0.971 bits per heavy atom. The van der Waals surface area contributed by atoms with Crippen LogP contribution in [0.15, 0.2) is 83.8 Å². The average molecular weight is 478 g/mol. The minimum Gasteiger partial charge on any atom is -0.274 e. The van der Waals surface area contributed by atoms with Gasteiger partial charge in [-0.15, -0.1) is 0 Å². The zero-order chi connectivity index (χ0) is 24.3. The molecule has 1 heterocycles. The predicted octanol–water partition coefficient (Wildman–Crippen LogP) is 3.26. The highest BCUT2D eigenvalue weighted by Crippen LogP contribution is 2.30. The number of carbonyl (C=O) groups is 2. The van der Waals surface area contributed by atoms with Crippen molar-refractivity contribution in [2.75, 3.05) is 11.4 Å². The van der Waals surface area contributed by atoms with E-state index in [1.54, 1.807) is 0 Å². The molecule has 3 aromatic rings. The molecule has 2 amide bonds. The Morgan fingerprint density at radius 3 is 2.24 bits per heavy atom. The quantitative estimate of drug-likeness (QED) is 0.487. The third-order valence-corrected chi connectivity index (χ3v) is 7.53. The highest BCUT2D eigenvalue weighted by molar-refractivity contribution is 7.89. The zero-order valence-electron chi connectivity index (χ0n) is 18.0. The van der Waals surface area contributed by atoms with Crippen LogP contribution in [0, 0.1) is 17.1 Å². The minimum atomic E-state index is -4.22. The third kappa shape index (κ3) is 4.59. The van der Waals surface area contributed by atoms with Crippen LogP contribution in [0.4, 0.5) is 10.1 Å². The van der Waals surface area contributed by atoms with E-state index in [4.69, 9.17) is 5.26 Å². The highest BCUT2D eigenvalue weighted by atomic mass is 32.2. The smallest absolute Gasteiger partial charge is 0.252 e. The second-order valence-corrected chi connectivity index (χ2v) is 9.64. The standard InChI is InChI=1S/C25H20FN3O4S/c26-20-8-12-22(13-9-20)34(32,33)28(15-14-18-4-2-1-3-5-18)23-16-24(30)29(25(23)31)21-10-6-19(17-27)7-11-21/h1-13,23H,14-16H2. The van der Waals surface area contributed by atoms with Crippen molar-refractivity contribution in [1.82, 2.24) is 4.31 Å². The topological polar surface area (TPSA) is 98.5 Å². The first-order valence-corrected chi connectivity index (χ1v) is 11.9. The molecule has 0 bridgehead atoms. The Balaban J connectivity index is 1.69. The summed E-state index contributed by atoms with van der Waals surface area (Å²) in [4.78, 5) is 26.9. The molecular weight excluding hydrogens is 457 g/mol. The van der Waals surface area contributed by atoms with Crippen molar-refractivity contribution in [3.05, 3.63) is 95.8 Å². The first-order chi connectivity index (χ1) is 16.3. The lowest BCUT2D eigenvalue weighted by Gasteiger charge is -2.27. The molecule has 4 rings (SSSR count). The summed E-state index contributed by atoms with van der Waals surface area (Å²) >= 11 is 0. The normalized spacial score (nSPS) is 16.1. The molecule has 1 aliphatic heterocycles. The number of benzene rings is 3. The fourth-order valence-corrected chi connectivity index (χ4v) is 5.45. The predicted molar refractivity (Wildman–Crippen MR) is 122 cm³/mol. The third-order valence-electron chi connectivity index (χ3n) is 5.61. The Kier molecular flexibility index (Phi) is 6.54. The summed E-state index contributed by atoms with van der Waals surface area (Å²) in [6, 6.07) is 20.1. The van der Waals surface area contributed by atoms with Gasteiger partial charge in [-0.05, 0) is 60.5 Å². The lowest BCUT2D eigenvalue weighted by Crippen LogP contribution is -2.46. The Morgan fingerprint density at radius 2 is 1.62 bits per heavy atom. The highest BCUT2D eigenvalue weighted by Gasteiger charge is 2.46. The number of carbonyl (C=O) groups excluding carboxylic acids is 2. The van der Waals surface area contributed by atoms with Crippen molar-refractivity contribution >= 4 is 27.5 Å². The molecule has 3 aromatic carbocycles. The molecule has 0 radical (unpaired) electrons. The molecule has 172 valence electrons. The number of nitriles is 1. The molecule has 9 heteroatoms. The average Bonchev–Trinajstić information content (AvgIpc) is 3.13. The second kappa shape index (κ2) is 9.55. The van der Waals surface area contributed by atoms with Crippen molar-refractivity contribution < 1.29 is 22.4 Å². The maximum atomic E-state index is 13.5. The van der Waals surface area contributed by atoms with E-state index in [0.29, 0.717) is 12.0 Å². The Bertz CT molecular complexity index is 1350. The fourth-order valence-electron chi connectivity index (χ4n) is 3.87. The molecule has 1 unspecified atom stereocenters. The Hall–Kier alpha value is -3.87. The van der Waals surface area contributed by atoms with E-state index in [2.05, 4.69) is 0 Å². The van der Waals surface area contributed by atoms with Gasteiger partial charge in [0.2, 0.25) is 15.9 Å². The van der Waals surface area contributed by atoms with Crippen LogP contribution in [0.5, 0.6) is 0 Å². The summed E-state index contributed by atoms with van der Waals surface area (Å²) in [5.74, 6) is -1.80. The summed E-state index contributed by atoms with van der Waals surface area (Å²) in [5.41, 5.74) is 1.49. The van der Waals surface area contributed by atoms with Crippen LogP contribution in [0.1, 0.15) is 17.5 Å². The number of halogens is 1. The lowest BCUT2D eigenvalue weighted by molar-refractivity contribution is -0.122. The largest absolute Gasteiger partial charge is 0.274 e. The van der Waals surface area contributed by atoms with Gasteiger partial charge in [0.1, 0.15) is 11.9 Å². The SMILES string of the molecule is N#Cc1ccc(N2C(=O)CC(N(CCc3ccccc3)S(=O)(=O)c3ccc(F)cc3)C2=O)cc1. The van der Waals surface area contributed by atoms with Crippen LogP contribution >= 0.6 is 0 Å². The molecule has 1 saturated heterocycles. The van der Waals surface area contributed by atoms with Crippen LogP contribution in [0.3, 0.4) is 0 Å². The van der Waals surface area contributed by atoms with Gasteiger partial charge in [-0.2, -0.15) is 9.57 Å². The van der Waals surface area contributed by atoms with Crippen LogP contribution in [0.25, 0.3) is 0 Å². The van der Waals surface area contributed by atoms with E-state index in [-0.39, 0.29) is 23.5 Å². The van der Waals surface area contributed by atoms with Gasteiger partial charge in [-0.3, -0.25) is 9.59 Å². The molecule has 34 heavy (non-hydrogen) atoms. The van der Waals surface area contributed by atoms with Crippen LogP contribution in [-0.4, -0.2) is 37.1 Å². The summed E-state index contributed by atoms with van der Waals surface area (Å²) in [7, 11) is -4.22. The minimum absolute atomic E-state index is 0.0470. The van der Waals surface area contributed by atoms with E-state index in [1.165, 1.54) is 24.3 Å². The van der Waals surface area contributed by atoms with Gasteiger partial charge >= 0.3 is 0 Å². The van der Waals surface area contributed by atoms with Gasteiger partial charge in [0, 0.05) is 6.54 Å². The van der Waals surface area contributed by atoms with Gasteiger partial charge in [0.15, 0.2) is 0 Å². The zero-order valence-corrected chi connectivity index (χ0v) is 18.8. The van der Waals surface area contributed by atoms with Crippen LogP contribution in [-0.2, 0) is 26.0 Å². The maximum absolute atomic E-state index is 13.5. The van der Waals surface area contributed by atoms with Crippen LogP contribution in [0.2, 0.25) is 0 Å². The molecule has 0 spiro atoms. The van der Waals surface area contributed by atoms with Gasteiger partial charge in [-0.1, -0.05) is 30.3 Å². The number of imide groups is 1. The number of hydrogen-bond acceptors (Lipinski definition) is 5. The summed E-state index contributed by atoms with van der Waals surface area (Å²) in [6.07, 6.45) is -0.00977. The van der Waals surface area contributed by atoms with E-state index in [1.807, 2.05) is 36.4 Å². The number of anilines is 1. The van der Waals surface area contributed by atoms with Crippen molar-refractivity contribution in [1.29, 1.82) is 5.26 Å². The molecule has 1 atom stereocenters. The van der Waals surface area contributed by atoms with E-state index in [9.17, 15) is 22.4 Å². The number of nitrogens with zero attached hydrogens (tertiary/aromatic N) is 3. The molecule has 1 fully saturated rings. The molecule has 0 saturated carbocycles. The molecule has 1 aliphatic rings. The maximum Gasteiger partial charge on any atom is 0.252 e. The first kappa shape index (κ1) is 23.3. The summed E-state index contributed by atoms with van der Waals surface area (Å²) in [5, 5.41) is 8.99. The van der Waals surface area contributed by atoms with Crippen molar-refractivity contribution in [3.8, 4) is 6.07 Å². The Labute approximate surface area is 196 Å².